The van der Waals surface area contributed by atoms with Crippen molar-refractivity contribution in [3.05, 3.63) is 85.1 Å². The summed E-state index contributed by atoms with van der Waals surface area (Å²) in [5.74, 6) is -0.927. The van der Waals surface area contributed by atoms with Gasteiger partial charge in [0.25, 0.3) is 0 Å². The zero-order valence-corrected chi connectivity index (χ0v) is 43.9. The molecule has 67 heavy (non-hydrogen) atoms. The molecular weight excluding hydrogens is 829 g/mol. The Balaban J connectivity index is 3.96. The van der Waals surface area contributed by atoms with Gasteiger partial charge in [0.1, 0.15) is 13.2 Å². The molecule has 384 valence electrons. The largest absolute Gasteiger partial charge is 0.462 e. The molecule has 0 aliphatic carbocycles. The van der Waals surface area contributed by atoms with Crippen LogP contribution in [0.3, 0.4) is 0 Å². The Kier molecular flexibility index (Phi) is 52.4. The first-order valence-electron chi connectivity index (χ1n) is 28.1. The van der Waals surface area contributed by atoms with Gasteiger partial charge in [-0.2, -0.15) is 0 Å². The summed E-state index contributed by atoms with van der Waals surface area (Å²) in [6, 6.07) is 0. The normalized spacial score (nSPS) is 12.7. The second-order valence-corrected chi connectivity index (χ2v) is 18.4. The van der Waals surface area contributed by atoms with Gasteiger partial charge in [-0.25, -0.2) is 0 Å². The van der Waals surface area contributed by atoms with E-state index in [2.05, 4.69) is 106 Å². The third-order valence-electron chi connectivity index (χ3n) is 11.9. The van der Waals surface area contributed by atoms with Crippen molar-refractivity contribution in [2.24, 2.45) is 0 Å². The molecule has 6 heteroatoms. The average molecular weight is 933 g/mol. The Morgan fingerprint density at radius 3 is 0.925 bits per heavy atom. The van der Waals surface area contributed by atoms with Gasteiger partial charge >= 0.3 is 17.9 Å². The van der Waals surface area contributed by atoms with E-state index in [4.69, 9.17) is 14.2 Å². The van der Waals surface area contributed by atoms with E-state index in [1.165, 1.54) is 109 Å². The highest BCUT2D eigenvalue weighted by Crippen LogP contribution is 2.16. The standard InChI is InChI=1S/C61H104O6/c1-4-7-10-13-15-17-19-21-22-23-24-25-26-27-28-29-30-31-32-33-34-35-36-37-38-40-41-43-45-48-51-54-60(63)66-57-58(56-65-59(62)53-50-47-12-9-6-3)67-61(64)55-52-49-46-44-42-39-20-18-16-14-11-8-5-2/h7-8,10-11,15-18,21-22,24-25,39,42,58H,4-6,9,12-14,19-20,23,26-38,40-41,43-57H2,1-3H3/b10-7-,11-8-,17-15-,18-16-,22-21-,25-24-,42-39-. The van der Waals surface area contributed by atoms with Crippen molar-refractivity contribution in [1.82, 2.24) is 0 Å². The van der Waals surface area contributed by atoms with Crippen LogP contribution in [0, 0.1) is 0 Å². The molecule has 0 aromatic heterocycles. The average Bonchev–Trinajstić information content (AvgIpc) is 3.33. The second kappa shape index (κ2) is 55.2. The molecule has 0 amide bonds. The minimum atomic E-state index is -0.785. The number of carbonyl (C=O) groups excluding carboxylic acids is 3. The fourth-order valence-corrected chi connectivity index (χ4v) is 7.74. The molecule has 6 nitrogen and oxygen atoms in total. The van der Waals surface area contributed by atoms with Crippen molar-refractivity contribution in [2.75, 3.05) is 13.2 Å². The Morgan fingerprint density at radius 1 is 0.313 bits per heavy atom. The van der Waals surface area contributed by atoms with Crippen LogP contribution in [0.4, 0.5) is 0 Å². The molecule has 0 spiro atoms. The quantitative estimate of drug-likeness (QED) is 0.0262. The molecule has 0 aromatic rings. The molecule has 0 bridgehead atoms. The molecule has 0 saturated carbocycles. The molecule has 1 unspecified atom stereocenters. The zero-order chi connectivity index (χ0) is 48.6. The first-order valence-corrected chi connectivity index (χ1v) is 28.1. The number of carbonyl (C=O) groups is 3. The van der Waals surface area contributed by atoms with Crippen molar-refractivity contribution >= 4 is 17.9 Å². The highest BCUT2D eigenvalue weighted by Gasteiger charge is 2.19. The van der Waals surface area contributed by atoms with E-state index < -0.39 is 6.10 Å². The van der Waals surface area contributed by atoms with Gasteiger partial charge in [0.2, 0.25) is 0 Å². The number of hydrogen-bond donors (Lipinski definition) is 0. The lowest BCUT2D eigenvalue weighted by atomic mass is 10.0. The van der Waals surface area contributed by atoms with Gasteiger partial charge in [0.05, 0.1) is 0 Å². The molecule has 0 aliphatic heterocycles. The minimum absolute atomic E-state index is 0.0862. The van der Waals surface area contributed by atoms with Gasteiger partial charge in [-0.3, -0.25) is 14.4 Å². The molecule has 0 aliphatic rings. The third-order valence-corrected chi connectivity index (χ3v) is 11.9. The molecule has 0 rings (SSSR count). The number of hydrogen-bond acceptors (Lipinski definition) is 6. The summed E-state index contributed by atoms with van der Waals surface area (Å²) in [6.45, 7) is 6.31. The van der Waals surface area contributed by atoms with Crippen molar-refractivity contribution in [3.63, 3.8) is 0 Å². The van der Waals surface area contributed by atoms with Crippen molar-refractivity contribution in [2.45, 2.75) is 271 Å². The first kappa shape index (κ1) is 63.6. The minimum Gasteiger partial charge on any atom is -0.462 e. The van der Waals surface area contributed by atoms with Crippen LogP contribution in [0.2, 0.25) is 0 Å². The Labute approximate surface area is 414 Å². The predicted molar refractivity (Wildman–Crippen MR) is 288 cm³/mol. The third kappa shape index (κ3) is 53.4. The monoisotopic (exact) mass is 933 g/mol. The summed E-state index contributed by atoms with van der Waals surface area (Å²) in [5, 5.41) is 0. The maximum absolute atomic E-state index is 12.7. The van der Waals surface area contributed by atoms with Gasteiger partial charge in [-0.1, -0.05) is 241 Å². The number of esters is 3. The second-order valence-electron chi connectivity index (χ2n) is 18.4. The van der Waals surface area contributed by atoms with E-state index >= 15 is 0 Å². The van der Waals surface area contributed by atoms with E-state index in [-0.39, 0.29) is 31.1 Å². The molecule has 0 aromatic carbocycles. The smallest absolute Gasteiger partial charge is 0.306 e. The number of allylic oxidation sites excluding steroid dienone is 14. The Morgan fingerprint density at radius 2 is 0.582 bits per heavy atom. The lowest BCUT2D eigenvalue weighted by Gasteiger charge is -2.18. The molecular formula is C61H104O6. The number of rotatable bonds is 50. The van der Waals surface area contributed by atoms with Crippen molar-refractivity contribution in [3.8, 4) is 0 Å². The SMILES string of the molecule is CC/C=C\C/C=C\C/C=C\C/C=C\CCCCCCCCCCCCCCCCCCCCC(=O)OCC(COC(=O)CCCCCCC)OC(=O)CCCCC/C=C\C/C=C\C/C=C\CC. The summed E-state index contributed by atoms with van der Waals surface area (Å²) >= 11 is 0. The summed E-state index contributed by atoms with van der Waals surface area (Å²) in [7, 11) is 0. The van der Waals surface area contributed by atoms with Gasteiger partial charge in [-0.05, 0) is 89.9 Å². The lowest BCUT2D eigenvalue weighted by Crippen LogP contribution is -2.30. The van der Waals surface area contributed by atoms with Crippen molar-refractivity contribution < 1.29 is 28.6 Å². The van der Waals surface area contributed by atoms with E-state index in [0.717, 1.165) is 116 Å². The fourth-order valence-electron chi connectivity index (χ4n) is 7.74. The zero-order valence-electron chi connectivity index (χ0n) is 43.9. The van der Waals surface area contributed by atoms with E-state index in [1.54, 1.807) is 0 Å². The highest BCUT2D eigenvalue weighted by atomic mass is 16.6. The summed E-state index contributed by atoms with van der Waals surface area (Å²) in [6.07, 6.45) is 72.1. The van der Waals surface area contributed by atoms with Crippen LogP contribution in [0.5, 0.6) is 0 Å². The number of unbranched alkanes of at least 4 members (excludes halogenated alkanes) is 25. The topological polar surface area (TPSA) is 78.9 Å². The van der Waals surface area contributed by atoms with Crippen LogP contribution in [-0.4, -0.2) is 37.2 Å². The van der Waals surface area contributed by atoms with Crippen LogP contribution in [0.25, 0.3) is 0 Å². The maximum atomic E-state index is 12.7. The summed E-state index contributed by atoms with van der Waals surface area (Å²) in [4.78, 5) is 37.7. The van der Waals surface area contributed by atoms with Gasteiger partial charge in [0.15, 0.2) is 6.10 Å². The van der Waals surface area contributed by atoms with Gasteiger partial charge < -0.3 is 14.2 Å². The lowest BCUT2D eigenvalue weighted by molar-refractivity contribution is -0.167. The van der Waals surface area contributed by atoms with E-state index in [1.807, 2.05) is 0 Å². The van der Waals surface area contributed by atoms with Crippen LogP contribution >= 0.6 is 0 Å². The van der Waals surface area contributed by atoms with E-state index in [9.17, 15) is 14.4 Å². The molecule has 0 saturated heterocycles. The highest BCUT2D eigenvalue weighted by molar-refractivity contribution is 5.71. The van der Waals surface area contributed by atoms with Crippen LogP contribution in [0.15, 0.2) is 85.1 Å². The molecule has 0 N–H and O–H groups in total. The van der Waals surface area contributed by atoms with E-state index in [0.29, 0.717) is 19.3 Å². The fraction of sp³-hybridized carbons (Fsp3) is 0.721. The summed E-state index contributed by atoms with van der Waals surface area (Å²) in [5.41, 5.74) is 0. The molecule has 0 radical (unpaired) electrons. The molecule has 0 heterocycles. The molecule has 0 fully saturated rings. The van der Waals surface area contributed by atoms with Gasteiger partial charge in [-0.15, -0.1) is 0 Å². The Hall–Kier alpha value is -3.41. The number of ether oxygens (including phenoxy) is 3. The summed E-state index contributed by atoms with van der Waals surface area (Å²) < 4.78 is 16.6. The van der Waals surface area contributed by atoms with Crippen LogP contribution < -0.4 is 0 Å². The molecule has 1 atom stereocenters. The maximum Gasteiger partial charge on any atom is 0.306 e. The Bertz CT molecular complexity index is 1300. The van der Waals surface area contributed by atoms with Crippen molar-refractivity contribution in [1.29, 1.82) is 0 Å². The van der Waals surface area contributed by atoms with Crippen LogP contribution in [-0.2, 0) is 28.6 Å². The first-order chi connectivity index (χ1) is 33.0. The predicted octanol–water partition coefficient (Wildman–Crippen LogP) is 18.8. The van der Waals surface area contributed by atoms with Gasteiger partial charge in [0, 0.05) is 19.3 Å². The van der Waals surface area contributed by atoms with Crippen LogP contribution in [0.1, 0.15) is 265 Å².